The monoisotopic (exact) mass is 1130 g/mol. The van der Waals surface area contributed by atoms with Crippen molar-refractivity contribution in [1.29, 1.82) is 5.26 Å². The van der Waals surface area contributed by atoms with Crippen LogP contribution >= 0.6 is 0 Å². The minimum Gasteiger partial charge on any atom is -0.309 e. The van der Waals surface area contributed by atoms with Crippen LogP contribution in [-0.4, -0.2) is 15.0 Å². The molecule has 0 bridgehead atoms. The highest BCUT2D eigenvalue weighted by Gasteiger charge is 2.41. The second-order valence-electron chi connectivity index (χ2n) is 23.9. The Bertz CT molecular complexity index is 4600. The summed E-state index contributed by atoms with van der Waals surface area (Å²) in [6, 6.07) is 106. The molecule has 0 fully saturated rings. The van der Waals surface area contributed by atoms with Gasteiger partial charge >= 0.3 is 0 Å². The normalized spacial score (nSPS) is 13.4. The lowest BCUT2D eigenvalue weighted by molar-refractivity contribution is 0.632. The van der Waals surface area contributed by atoms with E-state index in [0.717, 1.165) is 106 Å². The van der Waals surface area contributed by atoms with Crippen molar-refractivity contribution < 1.29 is 0 Å². The number of hydrogen-bond donors (Lipinski definition) is 0. The molecule has 88 heavy (non-hydrogen) atoms. The summed E-state index contributed by atoms with van der Waals surface area (Å²) in [4.78, 5) is 20.7. The fourth-order valence-corrected chi connectivity index (χ4v) is 13.3. The maximum absolute atomic E-state index is 11.9. The molecule has 0 N–H and O–H groups in total. The zero-order chi connectivity index (χ0) is 59.5. The fourth-order valence-electron chi connectivity index (χ4n) is 13.3. The smallest absolute Gasteiger partial charge is 0.166 e. The van der Waals surface area contributed by atoms with Crippen molar-refractivity contribution in [3.05, 3.63) is 319 Å². The van der Waals surface area contributed by atoms with E-state index >= 15 is 0 Å². The molecule has 13 aromatic rings. The van der Waals surface area contributed by atoms with Crippen molar-refractivity contribution in [1.82, 2.24) is 15.0 Å². The van der Waals surface area contributed by atoms with Crippen LogP contribution in [0.25, 0.3) is 89.8 Å². The van der Waals surface area contributed by atoms with Gasteiger partial charge in [0.1, 0.15) is 6.07 Å². The standard InChI is InChI=1S/C82H60N6/c1-81(2)68-48-60(54-24-11-5-12-25-54)39-44-73(68)87(74-45-40-61(49-69(74)81)55-26-13-6-14-27-55)72-37-23-36-65(67(72)53-83)64-38-43-66(80-85-78(58-32-19-9-20-33-58)84-79(86-80)59-34-21-10-22-35-59)77(52-64)88-75-46-41-62(56-28-15-7-16-29-56)50-70(75)82(3,4)71-51-63(42-47-76(71)88)57-30-17-8-18-31-57/h5-52H,1-4H3. The molecule has 0 unspecified atom stereocenters. The molecule has 0 amide bonds. The average molecular weight is 1130 g/mol. The van der Waals surface area contributed by atoms with Crippen LogP contribution < -0.4 is 9.80 Å². The number of aromatic nitrogens is 3. The lowest BCUT2D eigenvalue weighted by Gasteiger charge is -2.43. The van der Waals surface area contributed by atoms with Crippen LogP contribution in [0.15, 0.2) is 291 Å². The van der Waals surface area contributed by atoms with E-state index in [2.05, 4.69) is 274 Å². The Morgan fingerprint density at radius 1 is 0.261 bits per heavy atom. The Kier molecular flexibility index (Phi) is 13.2. The Morgan fingerprint density at radius 3 is 0.932 bits per heavy atom. The molecule has 12 aromatic carbocycles. The second-order valence-corrected chi connectivity index (χ2v) is 23.9. The lowest BCUT2D eigenvalue weighted by Crippen LogP contribution is -2.31. The molecular formula is C82H60N6. The predicted molar refractivity (Wildman–Crippen MR) is 362 cm³/mol. The maximum Gasteiger partial charge on any atom is 0.166 e. The van der Waals surface area contributed by atoms with Gasteiger partial charge in [0.05, 0.1) is 39.7 Å². The predicted octanol–water partition coefficient (Wildman–Crippen LogP) is 21.3. The molecule has 0 atom stereocenters. The molecule has 3 heterocycles. The number of anilines is 6. The van der Waals surface area contributed by atoms with Gasteiger partial charge in [-0.15, -0.1) is 0 Å². The van der Waals surface area contributed by atoms with Gasteiger partial charge in [-0.1, -0.05) is 252 Å². The molecule has 0 spiro atoms. The largest absolute Gasteiger partial charge is 0.309 e. The Morgan fingerprint density at radius 2 is 0.580 bits per heavy atom. The van der Waals surface area contributed by atoms with E-state index in [1.807, 2.05) is 60.7 Å². The lowest BCUT2D eigenvalue weighted by atomic mass is 9.72. The third kappa shape index (κ3) is 9.24. The highest BCUT2D eigenvalue weighted by Crippen LogP contribution is 2.57. The van der Waals surface area contributed by atoms with E-state index in [9.17, 15) is 5.26 Å². The van der Waals surface area contributed by atoms with Gasteiger partial charge in [0.15, 0.2) is 17.5 Å². The summed E-state index contributed by atoms with van der Waals surface area (Å²) in [7, 11) is 0. The summed E-state index contributed by atoms with van der Waals surface area (Å²) in [5.41, 5.74) is 23.5. The van der Waals surface area contributed by atoms with Gasteiger partial charge < -0.3 is 9.80 Å². The summed E-state index contributed by atoms with van der Waals surface area (Å²) >= 11 is 0. The van der Waals surface area contributed by atoms with Crippen LogP contribution in [0.4, 0.5) is 34.1 Å². The van der Waals surface area contributed by atoms with Crippen molar-refractivity contribution in [2.75, 3.05) is 9.80 Å². The number of benzene rings is 12. The van der Waals surface area contributed by atoms with Crippen LogP contribution in [-0.2, 0) is 10.8 Å². The van der Waals surface area contributed by atoms with Crippen LogP contribution in [0, 0.1) is 11.3 Å². The van der Waals surface area contributed by atoms with Gasteiger partial charge in [-0.25, -0.2) is 15.0 Å². The molecule has 0 aliphatic carbocycles. The first-order valence-corrected chi connectivity index (χ1v) is 30.1. The van der Waals surface area contributed by atoms with Crippen molar-refractivity contribution in [3.8, 4) is 95.9 Å². The van der Waals surface area contributed by atoms with Crippen molar-refractivity contribution >= 4 is 34.1 Å². The Balaban J connectivity index is 0.984. The maximum atomic E-state index is 11.9. The van der Waals surface area contributed by atoms with Crippen LogP contribution in [0.5, 0.6) is 0 Å². The molecule has 6 nitrogen and oxygen atoms in total. The first kappa shape index (κ1) is 53.5. The quantitative estimate of drug-likeness (QED) is 0.136. The van der Waals surface area contributed by atoms with Gasteiger partial charge in [-0.3, -0.25) is 0 Å². The zero-order valence-corrected chi connectivity index (χ0v) is 49.4. The number of nitrogens with zero attached hydrogens (tertiary/aromatic N) is 6. The number of hydrogen-bond acceptors (Lipinski definition) is 6. The molecule has 0 radical (unpaired) electrons. The molecule has 2 aliphatic heterocycles. The summed E-state index contributed by atoms with van der Waals surface area (Å²) in [6.45, 7) is 9.36. The van der Waals surface area contributed by atoms with E-state index in [-0.39, 0.29) is 0 Å². The average Bonchev–Trinajstić information content (AvgIpc) is 0.774. The van der Waals surface area contributed by atoms with E-state index < -0.39 is 10.8 Å². The SMILES string of the molecule is CC1(C)c2cc(-c3ccccc3)ccc2N(c2cc(-c3cccc(N4c5ccc(-c6ccccc6)cc5C(C)(C)c5cc(-c6ccccc6)ccc54)c3C#N)ccc2-c2nc(-c3ccccc3)nc(-c3ccccc3)n2)c2ccc(-c3ccccc3)cc21. The first-order valence-electron chi connectivity index (χ1n) is 30.1. The first-order chi connectivity index (χ1) is 43.1. The molecule has 418 valence electrons. The van der Waals surface area contributed by atoms with E-state index in [0.29, 0.717) is 23.0 Å². The Labute approximate surface area is 514 Å². The highest BCUT2D eigenvalue weighted by atomic mass is 15.2. The van der Waals surface area contributed by atoms with E-state index in [4.69, 9.17) is 15.0 Å². The van der Waals surface area contributed by atoms with Crippen LogP contribution in [0.2, 0.25) is 0 Å². The topological polar surface area (TPSA) is 68.9 Å². The summed E-state index contributed by atoms with van der Waals surface area (Å²) in [6.07, 6.45) is 0. The van der Waals surface area contributed by atoms with Gasteiger partial charge in [0.2, 0.25) is 0 Å². The minimum atomic E-state index is -0.454. The summed E-state index contributed by atoms with van der Waals surface area (Å²) < 4.78 is 0. The molecule has 1 aromatic heterocycles. The highest BCUT2D eigenvalue weighted by molar-refractivity contribution is 5.98. The Hall–Kier alpha value is -11.3. The van der Waals surface area contributed by atoms with Gasteiger partial charge in [-0.05, 0) is 139 Å². The molecule has 2 aliphatic rings. The number of fused-ring (bicyclic) bond motifs is 4. The van der Waals surface area contributed by atoms with Crippen LogP contribution in [0.3, 0.4) is 0 Å². The van der Waals surface area contributed by atoms with Gasteiger partial charge in [0, 0.05) is 33.1 Å². The third-order valence-electron chi connectivity index (χ3n) is 18.0. The summed E-state index contributed by atoms with van der Waals surface area (Å²) in [5, 5.41) is 11.9. The molecule has 15 rings (SSSR count). The zero-order valence-electron chi connectivity index (χ0n) is 49.4. The van der Waals surface area contributed by atoms with E-state index in [1.165, 1.54) is 22.3 Å². The van der Waals surface area contributed by atoms with Gasteiger partial charge in [0.25, 0.3) is 0 Å². The molecular weight excluding hydrogens is 1070 g/mol. The molecule has 0 saturated carbocycles. The van der Waals surface area contributed by atoms with Crippen LogP contribution in [0.1, 0.15) is 55.5 Å². The van der Waals surface area contributed by atoms with Gasteiger partial charge in [-0.2, -0.15) is 5.26 Å². The molecule has 0 saturated heterocycles. The number of rotatable bonds is 10. The second kappa shape index (κ2) is 21.7. The number of nitriles is 1. The summed E-state index contributed by atoms with van der Waals surface area (Å²) in [5.74, 6) is 1.65. The van der Waals surface area contributed by atoms with E-state index in [1.54, 1.807) is 0 Å². The molecule has 6 heteroatoms. The third-order valence-corrected chi connectivity index (χ3v) is 18.0. The van der Waals surface area contributed by atoms with Crippen molar-refractivity contribution in [2.45, 2.75) is 38.5 Å². The minimum absolute atomic E-state index is 0.416. The fraction of sp³-hybridized carbons (Fsp3) is 0.0732. The van der Waals surface area contributed by atoms with Crippen molar-refractivity contribution in [2.24, 2.45) is 0 Å². The van der Waals surface area contributed by atoms with Crippen molar-refractivity contribution in [3.63, 3.8) is 0 Å².